The molecule has 1 rings (SSSR count). The second-order valence-electron chi connectivity index (χ2n) is 2.01. The number of hydrogen-bond donors (Lipinski definition) is 0. The lowest BCUT2D eigenvalue weighted by Crippen LogP contribution is -1.76. The Morgan fingerprint density at radius 1 is 1.33 bits per heavy atom. The zero-order chi connectivity index (χ0) is 9.14. The summed E-state index contributed by atoms with van der Waals surface area (Å²) in [5, 5.41) is 9.05. The van der Waals surface area contributed by atoms with Gasteiger partial charge in [-0.15, -0.1) is 0 Å². The molecular weight excluding hydrogens is 195 g/mol. The van der Waals surface area contributed by atoms with E-state index in [0.29, 0.717) is 0 Å². The van der Waals surface area contributed by atoms with Crippen molar-refractivity contribution in [1.29, 1.82) is 5.26 Å². The van der Waals surface area contributed by atoms with Crippen LogP contribution in [0, 0.1) is 17.9 Å². The molecule has 1 aromatic rings. The van der Waals surface area contributed by atoms with Gasteiger partial charge < -0.3 is 0 Å². The molecule has 0 heterocycles. The largest absolute Gasteiger partial charge is 0.237 e. The fourth-order valence-electron chi connectivity index (χ4n) is 0.708. The van der Waals surface area contributed by atoms with Gasteiger partial charge in [-0.05, 0) is 12.1 Å². The highest BCUT2D eigenvalue weighted by Gasteiger charge is 2.05. The SMILES string of the molecule is [C-]#[N+]c1cc(Cl)c(C#N)cc1Cl. The van der Waals surface area contributed by atoms with E-state index in [1.807, 2.05) is 6.07 Å². The topological polar surface area (TPSA) is 28.1 Å². The third-order valence-corrected chi connectivity index (χ3v) is 1.89. The molecule has 4 heteroatoms. The second-order valence-corrected chi connectivity index (χ2v) is 2.82. The molecule has 2 nitrogen and oxygen atoms in total. The molecule has 1 aromatic carbocycles. The van der Waals surface area contributed by atoms with Crippen LogP contribution in [-0.2, 0) is 0 Å². The van der Waals surface area contributed by atoms with E-state index in [9.17, 15) is 0 Å². The van der Waals surface area contributed by atoms with Gasteiger partial charge in [-0.25, -0.2) is 4.85 Å². The Balaban J connectivity index is 3.41. The lowest BCUT2D eigenvalue weighted by Gasteiger charge is -1.97. The Kier molecular flexibility index (Phi) is 2.55. The molecule has 0 unspecified atom stereocenters. The molecule has 0 aromatic heterocycles. The minimum Gasteiger partial charge on any atom is -0.237 e. The van der Waals surface area contributed by atoms with Crippen molar-refractivity contribution in [3.8, 4) is 6.07 Å². The monoisotopic (exact) mass is 196 g/mol. The van der Waals surface area contributed by atoms with Crippen molar-refractivity contribution in [2.45, 2.75) is 0 Å². The lowest BCUT2D eigenvalue weighted by molar-refractivity contribution is 1.49. The Bertz CT molecular complexity index is 359. The molecule has 0 fully saturated rings. The normalized spacial score (nSPS) is 8.67. The van der Waals surface area contributed by atoms with Crippen molar-refractivity contribution in [2.75, 3.05) is 0 Å². The van der Waals surface area contributed by atoms with Crippen molar-refractivity contribution in [1.82, 2.24) is 0 Å². The van der Waals surface area contributed by atoms with E-state index in [1.165, 1.54) is 12.1 Å². The van der Waals surface area contributed by atoms with Crippen LogP contribution in [0.3, 0.4) is 0 Å². The highest BCUT2D eigenvalue weighted by molar-refractivity contribution is 6.36. The molecule has 0 aliphatic rings. The lowest BCUT2D eigenvalue weighted by atomic mass is 10.2. The van der Waals surface area contributed by atoms with Gasteiger partial charge in [-0.1, -0.05) is 23.2 Å². The predicted octanol–water partition coefficient (Wildman–Crippen LogP) is 3.42. The highest BCUT2D eigenvalue weighted by atomic mass is 35.5. The molecule has 0 spiro atoms. The fraction of sp³-hybridized carbons (Fsp3) is 0. The zero-order valence-corrected chi connectivity index (χ0v) is 7.32. The molecule has 12 heavy (non-hydrogen) atoms. The van der Waals surface area contributed by atoms with Crippen LogP contribution in [0.15, 0.2) is 12.1 Å². The molecule has 58 valence electrons. The van der Waals surface area contributed by atoms with E-state index in [1.54, 1.807) is 0 Å². The van der Waals surface area contributed by atoms with Crippen LogP contribution in [0.5, 0.6) is 0 Å². The highest BCUT2D eigenvalue weighted by Crippen LogP contribution is 2.30. The van der Waals surface area contributed by atoms with Crippen LogP contribution in [-0.4, -0.2) is 0 Å². The first-order valence-corrected chi connectivity index (χ1v) is 3.71. The average molecular weight is 197 g/mol. The summed E-state index contributed by atoms with van der Waals surface area (Å²) >= 11 is 11.3. The molecule has 0 saturated heterocycles. The van der Waals surface area contributed by atoms with Crippen LogP contribution in [0.4, 0.5) is 5.69 Å². The van der Waals surface area contributed by atoms with Gasteiger partial charge in [-0.2, -0.15) is 5.26 Å². The maximum absolute atomic E-state index is 8.54. The molecule has 0 aliphatic heterocycles. The standard InChI is InChI=1S/C8H2Cl2N2/c1-12-8-3-6(9)5(4-11)2-7(8)10/h2-3H. The first kappa shape index (κ1) is 8.87. The Hall–Kier alpha value is -1.22. The predicted molar refractivity (Wildman–Crippen MR) is 47.4 cm³/mol. The number of hydrogen-bond acceptors (Lipinski definition) is 1. The van der Waals surface area contributed by atoms with Crippen LogP contribution in [0.2, 0.25) is 10.0 Å². The summed E-state index contributed by atoms with van der Waals surface area (Å²) in [6, 6.07) is 4.64. The van der Waals surface area contributed by atoms with Gasteiger partial charge in [0.05, 0.1) is 12.1 Å². The van der Waals surface area contributed by atoms with Crippen LogP contribution in [0.25, 0.3) is 4.85 Å². The summed E-state index contributed by atoms with van der Waals surface area (Å²) in [7, 11) is 0. The summed E-state index contributed by atoms with van der Waals surface area (Å²) < 4.78 is 0. The van der Waals surface area contributed by atoms with Crippen LogP contribution < -0.4 is 0 Å². The smallest absolute Gasteiger partial charge is 0.206 e. The van der Waals surface area contributed by atoms with E-state index in [2.05, 4.69) is 4.85 Å². The van der Waals surface area contributed by atoms with Gasteiger partial charge in [-0.3, -0.25) is 0 Å². The van der Waals surface area contributed by atoms with Crippen molar-refractivity contribution in [2.24, 2.45) is 0 Å². The average Bonchev–Trinajstić information content (AvgIpc) is 2.08. The maximum atomic E-state index is 8.54. The van der Waals surface area contributed by atoms with Gasteiger partial charge in [0.15, 0.2) is 0 Å². The van der Waals surface area contributed by atoms with Crippen LogP contribution in [0.1, 0.15) is 5.56 Å². The number of halogens is 2. The van der Waals surface area contributed by atoms with Gasteiger partial charge in [0, 0.05) is 10.0 Å². The van der Waals surface area contributed by atoms with Gasteiger partial charge in [0.1, 0.15) is 6.07 Å². The van der Waals surface area contributed by atoms with Gasteiger partial charge in [0.25, 0.3) is 0 Å². The van der Waals surface area contributed by atoms with Crippen molar-refractivity contribution in [3.63, 3.8) is 0 Å². The zero-order valence-electron chi connectivity index (χ0n) is 5.81. The van der Waals surface area contributed by atoms with E-state index in [4.69, 9.17) is 35.0 Å². The molecular formula is C8H2Cl2N2. The minimum atomic E-state index is 0.256. The second kappa shape index (κ2) is 3.45. The molecule has 0 aliphatic carbocycles. The Morgan fingerprint density at radius 3 is 2.50 bits per heavy atom. The van der Waals surface area contributed by atoms with Crippen molar-refractivity contribution in [3.05, 3.63) is 39.2 Å². The van der Waals surface area contributed by atoms with Gasteiger partial charge in [0.2, 0.25) is 5.69 Å². The number of rotatable bonds is 0. The number of benzene rings is 1. The summed E-state index contributed by atoms with van der Waals surface area (Å²) in [6.07, 6.45) is 0. The number of nitriles is 1. The molecule has 0 radical (unpaired) electrons. The van der Waals surface area contributed by atoms with Crippen LogP contribution >= 0.6 is 23.2 Å². The molecule has 0 atom stereocenters. The first-order chi connectivity index (χ1) is 5.69. The Morgan fingerprint density at radius 2 is 2.00 bits per heavy atom. The van der Waals surface area contributed by atoms with E-state index < -0.39 is 0 Å². The van der Waals surface area contributed by atoms with Crippen molar-refractivity contribution < 1.29 is 0 Å². The Labute approximate surface area is 79.8 Å². The molecule has 0 saturated carbocycles. The molecule has 0 N–H and O–H groups in total. The quantitative estimate of drug-likeness (QED) is 0.585. The number of nitrogens with zero attached hydrogens (tertiary/aromatic N) is 2. The van der Waals surface area contributed by atoms with E-state index in [-0.39, 0.29) is 21.3 Å². The maximum Gasteiger partial charge on any atom is 0.206 e. The summed E-state index contributed by atoms with van der Waals surface area (Å²) in [6.45, 7) is 6.71. The van der Waals surface area contributed by atoms with Gasteiger partial charge >= 0.3 is 0 Å². The fourth-order valence-corrected chi connectivity index (χ4v) is 1.11. The van der Waals surface area contributed by atoms with Crippen molar-refractivity contribution >= 4 is 28.9 Å². The summed E-state index contributed by atoms with van der Waals surface area (Å²) in [4.78, 5) is 3.13. The summed E-state index contributed by atoms with van der Waals surface area (Å²) in [5.74, 6) is 0. The third-order valence-electron chi connectivity index (χ3n) is 1.28. The van der Waals surface area contributed by atoms with E-state index in [0.717, 1.165) is 0 Å². The third kappa shape index (κ3) is 1.51. The minimum absolute atomic E-state index is 0.256. The first-order valence-electron chi connectivity index (χ1n) is 2.95. The molecule has 0 bridgehead atoms. The summed E-state index contributed by atoms with van der Waals surface area (Å²) in [5.41, 5.74) is 0.551. The molecule has 0 amide bonds. The van der Waals surface area contributed by atoms with E-state index >= 15 is 0 Å².